The second kappa shape index (κ2) is 6.58. The fourth-order valence-electron chi connectivity index (χ4n) is 3.25. The van der Waals surface area contributed by atoms with Crippen LogP contribution in [0.15, 0.2) is 67.6 Å². The van der Waals surface area contributed by atoms with E-state index in [2.05, 4.69) is 22.0 Å². The summed E-state index contributed by atoms with van der Waals surface area (Å²) in [6.07, 6.45) is 0. The lowest BCUT2D eigenvalue weighted by molar-refractivity contribution is 0.282. The van der Waals surface area contributed by atoms with E-state index in [9.17, 15) is 15.2 Å². The van der Waals surface area contributed by atoms with Crippen molar-refractivity contribution >= 4 is 26.9 Å². The minimum absolute atomic E-state index is 0.0453. The Morgan fingerprint density at radius 3 is 2.63 bits per heavy atom. The molecule has 0 spiro atoms. The Labute approximate surface area is 162 Å². The third-order valence-corrected chi connectivity index (χ3v) is 5.05. The summed E-state index contributed by atoms with van der Waals surface area (Å²) in [6, 6.07) is 14.3. The fraction of sp³-hybridized carbons (Fsp3) is 0.100. The molecule has 3 N–H and O–H groups in total. The van der Waals surface area contributed by atoms with Gasteiger partial charge < -0.3 is 20.0 Å². The second-order valence-corrected chi connectivity index (χ2v) is 7.01. The van der Waals surface area contributed by atoms with Crippen LogP contribution in [0.3, 0.4) is 0 Å². The lowest BCUT2D eigenvalue weighted by Crippen LogP contribution is -2.26. The van der Waals surface area contributed by atoms with Crippen molar-refractivity contribution in [1.29, 1.82) is 5.26 Å². The van der Waals surface area contributed by atoms with E-state index in [0.717, 1.165) is 10.0 Å². The minimum Gasteiger partial charge on any atom is -0.439 e. The summed E-state index contributed by atoms with van der Waals surface area (Å²) in [5.74, 6) is -0.462. The largest absolute Gasteiger partial charge is 0.439 e. The summed E-state index contributed by atoms with van der Waals surface area (Å²) in [5.41, 5.74) is 7.40. The molecule has 1 aliphatic rings. The first-order chi connectivity index (χ1) is 13.0. The first-order valence-corrected chi connectivity index (χ1v) is 8.86. The van der Waals surface area contributed by atoms with Crippen molar-refractivity contribution in [2.45, 2.75) is 12.5 Å². The lowest BCUT2D eigenvalue weighted by Gasteiger charge is -2.26. The van der Waals surface area contributed by atoms with E-state index in [4.69, 9.17) is 14.9 Å². The zero-order valence-electron chi connectivity index (χ0n) is 13.9. The van der Waals surface area contributed by atoms with Crippen molar-refractivity contribution < 1.29 is 14.3 Å². The predicted molar refractivity (Wildman–Crippen MR) is 102 cm³/mol. The highest BCUT2D eigenvalue weighted by Crippen LogP contribution is 2.43. The maximum Gasteiger partial charge on any atom is 0.344 e. The predicted octanol–water partition coefficient (Wildman–Crippen LogP) is 3.27. The second-order valence-electron chi connectivity index (χ2n) is 6.10. The number of hydrogen-bond acceptors (Lipinski definition) is 6. The van der Waals surface area contributed by atoms with Gasteiger partial charge >= 0.3 is 5.63 Å². The first kappa shape index (κ1) is 17.3. The molecular formula is C20H13BrN2O4. The van der Waals surface area contributed by atoms with Gasteiger partial charge in [-0.2, -0.15) is 5.26 Å². The van der Waals surface area contributed by atoms with Gasteiger partial charge in [0.05, 0.1) is 23.5 Å². The SMILES string of the molecule is N#CC1=C(N)Oc2c(c(=O)oc3cc(CO)ccc23)C1c1ccc(Br)cc1. The van der Waals surface area contributed by atoms with Gasteiger partial charge in [-0.3, -0.25) is 0 Å². The molecule has 0 saturated heterocycles. The maximum atomic E-state index is 12.8. The van der Waals surface area contributed by atoms with Crippen LogP contribution in [0, 0.1) is 11.3 Å². The third-order valence-electron chi connectivity index (χ3n) is 4.52. The number of nitrogens with two attached hydrogens (primary N) is 1. The molecule has 1 aliphatic heterocycles. The van der Waals surface area contributed by atoms with Crippen LogP contribution in [0.1, 0.15) is 22.6 Å². The van der Waals surface area contributed by atoms with Crippen molar-refractivity contribution in [1.82, 2.24) is 0 Å². The Morgan fingerprint density at radius 2 is 1.96 bits per heavy atom. The van der Waals surface area contributed by atoms with E-state index in [1.54, 1.807) is 18.2 Å². The molecule has 4 rings (SSSR count). The number of aliphatic hydroxyl groups excluding tert-OH is 1. The molecule has 2 heterocycles. The Hall–Kier alpha value is -3.08. The molecule has 0 bridgehead atoms. The number of halogens is 1. The quantitative estimate of drug-likeness (QED) is 0.610. The van der Waals surface area contributed by atoms with Crippen molar-refractivity contribution in [2.24, 2.45) is 5.73 Å². The van der Waals surface area contributed by atoms with Crippen molar-refractivity contribution in [3.05, 3.63) is 85.5 Å². The molecule has 2 aromatic carbocycles. The summed E-state index contributed by atoms with van der Waals surface area (Å²) in [5, 5.41) is 19.5. The molecular weight excluding hydrogens is 412 g/mol. The summed E-state index contributed by atoms with van der Waals surface area (Å²) < 4.78 is 12.0. The smallest absolute Gasteiger partial charge is 0.344 e. The van der Waals surface area contributed by atoms with Crippen LogP contribution < -0.4 is 16.1 Å². The maximum absolute atomic E-state index is 12.8. The van der Waals surface area contributed by atoms with Gasteiger partial charge in [-0.1, -0.05) is 34.1 Å². The zero-order chi connectivity index (χ0) is 19.1. The number of allylic oxidation sites excluding steroid dienone is 1. The molecule has 0 fully saturated rings. The minimum atomic E-state index is -0.690. The van der Waals surface area contributed by atoms with Crippen LogP contribution >= 0.6 is 15.9 Å². The molecule has 0 aliphatic carbocycles. The number of ether oxygens (including phenoxy) is 1. The number of fused-ring (bicyclic) bond motifs is 3. The van der Waals surface area contributed by atoms with E-state index < -0.39 is 11.5 Å². The highest BCUT2D eigenvalue weighted by molar-refractivity contribution is 9.10. The molecule has 1 aromatic heterocycles. The van der Waals surface area contributed by atoms with E-state index in [1.165, 1.54) is 0 Å². The number of benzene rings is 2. The van der Waals surface area contributed by atoms with Gasteiger partial charge in [0.2, 0.25) is 5.88 Å². The zero-order valence-corrected chi connectivity index (χ0v) is 15.5. The van der Waals surface area contributed by atoms with Crippen LogP contribution in [-0.4, -0.2) is 5.11 Å². The average Bonchev–Trinajstić information content (AvgIpc) is 2.67. The molecule has 0 saturated carbocycles. The van der Waals surface area contributed by atoms with Crippen LogP contribution in [0.2, 0.25) is 0 Å². The topological polar surface area (TPSA) is 109 Å². The Balaban J connectivity index is 2.04. The molecule has 0 radical (unpaired) electrons. The molecule has 27 heavy (non-hydrogen) atoms. The van der Waals surface area contributed by atoms with Crippen LogP contribution in [0.5, 0.6) is 5.75 Å². The van der Waals surface area contributed by atoms with E-state index in [-0.39, 0.29) is 35.0 Å². The lowest BCUT2D eigenvalue weighted by atomic mass is 9.84. The highest BCUT2D eigenvalue weighted by Gasteiger charge is 2.35. The third kappa shape index (κ3) is 2.79. The van der Waals surface area contributed by atoms with Crippen molar-refractivity contribution in [2.75, 3.05) is 0 Å². The Bertz CT molecular complexity index is 1190. The molecule has 1 unspecified atom stereocenters. The Kier molecular flexibility index (Phi) is 4.22. The molecule has 1 atom stereocenters. The molecule has 3 aromatic rings. The van der Waals surface area contributed by atoms with Crippen LogP contribution in [0.25, 0.3) is 11.0 Å². The molecule has 7 heteroatoms. The fourth-order valence-corrected chi connectivity index (χ4v) is 3.51. The number of hydrogen-bond donors (Lipinski definition) is 2. The van der Waals surface area contributed by atoms with Crippen molar-refractivity contribution in [3.63, 3.8) is 0 Å². The van der Waals surface area contributed by atoms with Gasteiger partial charge in [-0.25, -0.2) is 4.79 Å². The summed E-state index contributed by atoms with van der Waals surface area (Å²) in [7, 11) is 0. The van der Waals surface area contributed by atoms with Gasteiger partial charge in [0.1, 0.15) is 17.2 Å². The van der Waals surface area contributed by atoms with Gasteiger partial charge in [0.25, 0.3) is 0 Å². The van der Waals surface area contributed by atoms with E-state index >= 15 is 0 Å². The normalized spacial score (nSPS) is 16.0. The number of aliphatic hydroxyl groups is 1. The summed E-state index contributed by atoms with van der Waals surface area (Å²) >= 11 is 3.38. The average molecular weight is 425 g/mol. The monoisotopic (exact) mass is 424 g/mol. The van der Waals surface area contributed by atoms with Gasteiger partial charge in [-0.15, -0.1) is 0 Å². The van der Waals surface area contributed by atoms with Gasteiger partial charge in [0, 0.05) is 4.47 Å². The summed E-state index contributed by atoms with van der Waals surface area (Å²) in [6.45, 7) is -0.181. The first-order valence-electron chi connectivity index (χ1n) is 8.07. The number of nitriles is 1. The van der Waals surface area contributed by atoms with Crippen LogP contribution in [-0.2, 0) is 6.61 Å². The number of nitrogens with zero attached hydrogens (tertiary/aromatic N) is 1. The number of rotatable bonds is 2. The molecule has 134 valence electrons. The highest BCUT2D eigenvalue weighted by atomic mass is 79.9. The van der Waals surface area contributed by atoms with E-state index in [1.807, 2.05) is 24.3 Å². The van der Waals surface area contributed by atoms with E-state index in [0.29, 0.717) is 10.9 Å². The Morgan fingerprint density at radius 1 is 1.22 bits per heavy atom. The van der Waals surface area contributed by atoms with Crippen molar-refractivity contribution in [3.8, 4) is 11.8 Å². The summed E-state index contributed by atoms with van der Waals surface area (Å²) in [4.78, 5) is 12.8. The standard InChI is InChI=1S/C20H13BrN2O4/c21-12-4-2-11(3-5-12)16-14(8-22)19(23)27-18-13-6-1-10(9-24)7-15(13)26-20(25)17(16)18/h1-7,16,24H,9,23H2. The molecule has 6 nitrogen and oxygen atoms in total. The molecule has 0 amide bonds. The van der Waals surface area contributed by atoms with Crippen LogP contribution in [0.4, 0.5) is 0 Å². The van der Waals surface area contributed by atoms with Gasteiger partial charge in [-0.05, 0) is 35.4 Å². The van der Waals surface area contributed by atoms with Gasteiger partial charge in [0.15, 0.2) is 5.75 Å².